The van der Waals surface area contributed by atoms with Gasteiger partial charge in [-0.05, 0) is 39.0 Å². The maximum absolute atomic E-state index is 11.9. The molecule has 2 unspecified atom stereocenters. The number of thiazole rings is 1. The third-order valence-electron chi connectivity index (χ3n) is 3.53. The van der Waals surface area contributed by atoms with Gasteiger partial charge in [0.05, 0.1) is 11.6 Å². The van der Waals surface area contributed by atoms with Gasteiger partial charge in [-0.15, -0.1) is 11.3 Å². The molecule has 0 aliphatic carbocycles. The molecule has 0 spiro atoms. The molecule has 0 aromatic carbocycles. The van der Waals surface area contributed by atoms with Crippen LogP contribution in [0.4, 0.5) is 4.79 Å². The maximum Gasteiger partial charge on any atom is 0.315 e. The van der Waals surface area contributed by atoms with E-state index in [2.05, 4.69) is 36.4 Å². The average Bonchev–Trinajstić information content (AvgIpc) is 2.92. The molecule has 1 aromatic rings. The normalized spacial score (nSPS) is 15.4. The summed E-state index contributed by atoms with van der Waals surface area (Å²) >= 11 is 1.61. The quantitative estimate of drug-likeness (QED) is 0.686. The fraction of sp³-hybridized carbons (Fsp3) is 0.750. The van der Waals surface area contributed by atoms with Gasteiger partial charge in [0.15, 0.2) is 0 Å². The minimum Gasteiger partial charge on any atom is -0.388 e. The minimum atomic E-state index is -0.874. The molecular formula is C16H29N3O2S. The van der Waals surface area contributed by atoms with Crippen LogP contribution in [0.25, 0.3) is 0 Å². The van der Waals surface area contributed by atoms with Gasteiger partial charge >= 0.3 is 6.03 Å². The minimum absolute atomic E-state index is 0.133. The second-order valence-electron chi connectivity index (χ2n) is 6.50. The number of aliphatic hydroxyl groups is 1. The summed E-state index contributed by atoms with van der Waals surface area (Å²) in [6.07, 6.45) is 4.42. The van der Waals surface area contributed by atoms with Crippen molar-refractivity contribution in [2.75, 3.05) is 6.54 Å². The summed E-state index contributed by atoms with van der Waals surface area (Å²) in [5.41, 5.74) is -0.874. The highest BCUT2D eigenvalue weighted by Crippen LogP contribution is 2.20. The number of urea groups is 1. The molecule has 0 aliphatic heterocycles. The predicted octanol–water partition coefficient (Wildman–Crippen LogP) is 3.25. The Labute approximate surface area is 137 Å². The summed E-state index contributed by atoms with van der Waals surface area (Å²) in [6.45, 7) is 10.2. The van der Waals surface area contributed by atoms with Gasteiger partial charge in [-0.2, -0.15) is 0 Å². The topological polar surface area (TPSA) is 74.2 Å². The first kappa shape index (κ1) is 18.9. The lowest BCUT2D eigenvalue weighted by Crippen LogP contribution is -2.45. The molecule has 3 N–H and O–H groups in total. The number of aromatic nitrogens is 1. The number of nitrogens with one attached hydrogen (secondary N) is 2. The van der Waals surface area contributed by atoms with Crippen LogP contribution in [0.5, 0.6) is 0 Å². The van der Waals surface area contributed by atoms with E-state index in [1.807, 2.05) is 13.1 Å². The van der Waals surface area contributed by atoms with Gasteiger partial charge in [-0.1, -0.05) is 20.8 Å². The molecule has 0 saturated heterocycles. The average molecular weight is 327 g/mol. The highest BCUT2D eigenvalue weighted by Gasteiger charge is 2.22. The molecule has 1 rings (SSSR count). The Morgan fingerprint density at radius 2 is 2.14 bits per heavy atom. The van der Waals surface area contributed by atoms with E-state index in [-0.39, 0.29) is 18.6 Å². The molecule has 0 fully saturated rings. The summed E-state index contributed by atoms with van der Waals surface area (Å²) < 4.78 is 0. The number of nitrogens with zero attached hydrogens (tertiary/aromatic N) is 1. The molecule has 5 nitrogen and oxygen atoms in total. The lowest BCUT2D eigenvalue weighted by molar-refractivity contribution is 0.0476. The molecule has 0 radical (unpaired) electrons. The second-order valence-corrected chi connectivity index (χ2v) is 7.64. The van der Waals surface area contributed by atoms with E-state index < -0.39 is 5.60 Å². The summed E-state index contributed by atoms with van der Waals surface area (Å²) in [4.78, 5) is 17.5. The summed E-state index contributed by atoms with van der Waals surface area (Å²) in [6, 6.07) is -0.406. The van der Waals surface area contributed by atoms with E-state index in [9.17, 15) is 9.90 Å². The van der Waals surface area contributed by atoms with Gasteiger partial charge < -0.3 is 15.7 Å². The van der Waals surface area contributed by atoms with Crippen molar-refractivity contribution in [1.29, 1.82) is 0 Å². The first-order valence-electron chi connectivity index (χ1n) is 7.95. The van der Waals surface area contributed by atoms with E-state index in [1.54, 1.807) is 18.3 Å². The lowest BCUT2D eigenvalue weighted by Gasteiger charge is -2.25. The highest BCUT2D eigenvalue weighted by atomic mass is 32.1. The third-order valence-corrected chi connectivity index (χ3v) is 4.85. The second kappa shape index (κ2) is 8.48. The van der Waals surface area contributed by atoms with Crippen molar-refractivity contribution in [3.05, 3.63) is 16.1 Å². The molecular weight excluding hydrogens is 298 g/mol. The summed E-state index contributed by atoms with van der Waals surface area (Å²) in [5.74, 6) is 0.540. The van der Waals surface area contributed by atoms with E-state index >= 15 is 0 Å². The third kappa shape index (κ3) is 6.75. The molecule has 2 atom stereocenters. The van der Waals surface area contributed by atoms with Crippen LogP contribution in [0.2, 0.25) is 0 Å². The highest BCUT2D eigenvalue weighted by molar-refractivity contribution is 7.11. The first-order valence-corrected chi connectivity index (χ1v) is 8.76. The maximum atomic E-state index is 11.9. The zero-order valence-electron chi connectivity index (χ0n) is 14.3. The molecule has 22 heavy (non-hydrogen) atoms. The fourth-order valence-electron chi connectivity index (χ4n) is 1.95. The van der Waals surface area contributed by atoms with Gasteiger partial charge in [-0.25, -0.2) is 9.78 Å². The van der Waals surface area contributed by atoms with Gasteiger partial charge in [-0.3, -0.25) is 0 Å². The number of amides is 2. The van der Waals surface area contributed by atoms with E-state index in [0.29, 0.717) is 12.3 Å². The van der Waals surface area contributed by atoms with Crippen LogP contribution in [0, 0.1) is 5.92 Å². The van der Waals surface area contributed by atoms with Crippen molar-refractivity contribution in [2.24, 2.45) is 5.92 Å². The van der Waals surface area contributed by atoms with Crippen LogP contribution in [0.15, 0.2) is 6.20 Å². The van der Waals surface area contributed by atoms with Gasteiger partial charge in [0.25, 0.3) is 0 Å². The number of carbonyl (C=O) groups excluding carboxylic acids is 1. The van der Waals surface area contributed by atoms with Gasteiger partial charge in [0.2, 0.25) is 0 Å². The summed E-state index contributed by atoms with van der Waals surface area (Å²) in [7, 11) is 0. The van der Waals surface area contributed by atoms with Crippen LogP contribution in [-0.4, -0.2) is 28.3 Å². The van der Waals surface area contributed by atoms with Crippen molar-refractivity contribution in [2.45, 2.75) is 65.5 Å². The number of aryl methyl sites for hydroxylation is 1. The van der Waals surface area contributed by atoms with Crippen molar-refractivity contribution in [3.8, 4) is 0 Å². The van der Waals surface area contributed by atoms with Crippen molar-refractivity contribution >= 4 is 17.4 Å². The molecule has 6 heteroatoms. The Kier molecular flexibility index (Phi) is 7.29. The van der Waals surface area contributed by atoms with E-state index in [4.69, 9.17) is 0 Å². The Morgan fingerprint density at radius 3 is 2.68 bits per heavy atom. The molecule has 2 amide bonds. The van der Waals surface area contributed by atoms with Crippen LogP contribution in [0.1, 0.15) is 63.4 Å². The molecule has 126 valence electrons. The Morgan fingerprint density at radius 1 is 1.45 bits per heavy atom. The zero-order valence-corrected chi connectivity index (χ0v) is 15.1. The smallest absolute Gasteiger partial charge is 0.315 e. The molecule has 0 bridgehead atoms. The van der Waals surface area contributed by atoms with Crippen molar-refractivity contribution < 1.29 is 9.90 Å². The van der Waals surface area contributed by atoms with Crippen LogP contribution < -0.4 is 10.6 Å². The number of hydrogen-bond acceptors (Lipinski definition) is 4. The Balaban J connectivity index is 2.39. The largest absolute Gasteiger partial charge is 0.388 e. The van der Waals surface area contributed by atoms with Crippen LogP contribution in [-0.2, 0) is 6.42 Å². The molecule has 1 heterocycles. The lowest BCUT2D eigenvalue weighted by atomic mass is 9.95. The molecule has 0 saturated carbocycles. The zero-order chi connectivity index (χ0) is 16.8. The number of rotatable bonds is 8. The Hall–Kier alpha value is -1.14. The van der Waals surface area contributed by atoms with E-state index in [0.717, 1.165) is 17.8 Å². The van der Waals surface area contributed by atoms with Crippen LogP contribution in [0.3, 0.4) is 0 Å². The number of hydrogen-bond donors (Lipinski definition) is 3. The van der Waals surface area contributed by atoms with E-state index in [1.165, 1.54) is 4.88 Å². The Bertz CT molecular complexity index is 472. The molecule has 1 aromatic heterocycles. The monoisotopic (exact) mass is 327 g/mol. The summed E-state index contributed by atoms with van der Waals surface area (Å²) in [5, 5.41) is 16.8. The number of carbonyl (C=O) groups is 1. The van der Waals surface area contributed by atoms with Gasteiger partial charge in [0.1, 0.15) is 5.01 Å². The first-order chi connectivity index (χ1) is 10.2. The predicted molar refractivity (Wildman–Crippen MR) is 91.1 cm³/mol. The van der Waals surface area contributed by atoms with Gasteiger partial charge in [0, 0.05) is 17.6 Å². The fourth-order valence-corrected chi connectivity index (χ4v) is 2.81. The van der Waals surface area contributed by atoms with Crippen LogP contribution >= 0.6 is 11.3 Å². The standard InChI is InChI=1S/C16H29N3O2S/c1-6-13-9-17-14(22-13)12(4)19-15(20)18-10-16(5,21)8-7-11(2)3/h9,11-12,21H,6-8,10H2,1-5H3,(H2,18,19,20). The van der Waals surface area contributed by atoms with Crippen molar-refractivity contribution in [1.82, 2.24) is 15.6 Å². The van der Waals surface area contributed by atoms with Crippen molar-refractivity contribution in [3.63, 3.8) is 0 Å². The SMILES string of the molecule is CCc1cnc(C(C)NC(=O)NCC(C)(O)CCC(C)C)s1. The molecule has 0 aliphatic rings.